The van der Waals surface area contributed by atoms with Crippen molar-refractivity contribution in [3.63, 3.8) is 0 Å². The molecule has 0 unspecified atom stereocenters. The van der Waals surface area contributed by atoms with Crippen LogP contribution in [0.1, 0.15) is 13.8 Å². The van der Waals surface area contributed by atoms with Crippen LogP contribution in [0.25, 0.3) is 0 Å². The van der Waals surface area contributed by atoms with E-state index in [9.17, 15) is 8.42 Å². The molecule has 2 fully saturated rings. The van der Waals surface area contributed by atoms with E-state index in [1.807, 2.05) is 0 Å². The summed E-state index contributed by atoms with van der Waals surface area (Å²) in [6.45, 7) is 8.10. The van der Waals surface area contributed by atoms with Crippen LogP contribution in [0.15, 0.2) is 0 Å². The Labute approximate surface area is 92.2 Å². The van der Waals surface area contributed by atoms with Crippen LogP contribution in [0.3, 0.4) is 0 Å². The monoisotopic (exact) mass is 232 g/mol. The minimum atomic E-state index is -2.72. The normalized spacial score (nSPS) is 29.3. The summed E-state index contributed by atoms with van der Waals surface area (Å²) in [5, 5.41) is 0. The molecule has 4 nitrogen and oxygen atoms in total. The first kappa shape index (κ1) is 11.4. The van der Waals surface area contributed by atoms with Crippen molar-refractivity contribution in [2.75, 3.05) is 37.7 Å². The van der Waals surface area contributed by atoms with Crippen LogP contribution in [-0.4, -0.2) is 68.0 Å². The molecule has 15 heavy (non-hydrogen) atoms. The number of hydrogen-bond acceptors (Lipinski definition) is 4. The maximum atomic E-state index is 11.3. The van der Waals surface area contributed by atoms with Gasteiger partial charge < -0.3 is 0 Å². The van der Waals surface area contributed by atoms with Gasteiger partial charge in [-0.3, -0.25) is 9.80 Å². The lowest BCUT2D eigenvalue weighted by atomic mass is 10.0. The highest BCUT2D eigenvalue weighted by molar-refractivity contribution is 7.91. The van der Waals surface area contributed by atoms with Gasteiger partial charge in [-0.05, 0) is 13.8 Å². The van der Waals surface area contributed by atoms with Crippen molar-refractivity contribution in [1.29, 1.82) is 0 Å². The molecule has 0 amide bonds. The Balaban J connectivity index is 1.79. The van der Waals surface area contributed by atoms with Gasteiger partial charge in [0.2, 0.25) is 0 Å². The van der Waals surface area contributed by atoms with Crippen molar-refractivity contribution in [2.45, 2.75) is 25.9 Å². The van der Waals surface area contributed by atoms with E-state index < -0.39 is 9.84 Å². The van der Waals surface area contributed by atoms with Crippen molar-refractivity contribution >= 4 is 9.84 Å². The maximum Gasteiger partial charge on any atom is 0.152 e. The minimum absolute atomic E-state index is 0.352. The fourth-order valence-electron chi connectivity index (χ4n) is 2.23. The topological polar surface area (TPSA) is 40.6 Å². The molecule has 0 aromatic heterocycles. The van der Waals surface area contributed by atoms with Gasteiger partial charge in [0.05, 0.1) is 11.5 Å². The van der Waals surface area contributed by atoms with Gasteiger partial charge in [0.25, 0.3) is 0 Å². The molecule has 0 aliphatic carbocycles. The van der Waals surface area contributed by atoms with Crippen molar-refractivity contribution in [1.82, 2.24) is 9.80 Å². The highest BCUT2D eigenvalue weighted by atomic mass is 32.2. The highest BCUT2D eigenvalue weighted by Crippen LogP contribution is 2.19. The van der Waals surface area contributed by atoms with Crippen LogP contribution in [0.5, 0.6) is 0 Å². The third-order valence-corrected chi connectivity index (χ3v) is 5.13. The molecule has 2 heterocycles. The Hall–Kier alpha value is -0.130. The molecule has 0 N–H and O–H groups in total. The van der Waals surface area contributed by atoms with Crippen molar-refractivity contribution in [3.05, 3.63) is 0 Å². The molecule has 88 valence electrons. The van der Waals surface area contributed by atoms with Gasteiger partial charge in [-0.15, -0.1) is 0 Å². The molecule has 2 aliphatic rings. The molecule has 5 heteroatoms. The number of rotatable bonds is 2. The second-order valence-corrected chi connectivity index (χ2v) is 7.19. The standard InChI is InChI=1S/C10H20N2O2S/c1-9(2)12-7-10(8-12)11-3-5-15(13,14)6-4-11/h9-10H,3-8H2,1-2H3. The average Bonchev–Trinajstić information content (AvgIpc) is 2.04. The summed E-state index contributed by atoms with van der Waals surface area (Å²) in [7, 11) is -2.72. The minimum Gasteiger partial charge on any atom is -0.298 e. The van der Waals surface area contributed by atoms with E-state index in [4.69, 9.17) is 0 Å². The van der Waals surface area contributed by atoms with Crippen molar-refractivity contribution < 1.29 is 8.42 Å². The largest absolute Gasteiger partial charge is 0.298 e. The van der Waals surface area contributed by atoms with Gasteiger partial charge in [-0.1, -0.05) is 0 Å². The Morgan fingerprint density at radius 3 is 2.13 bits per heavy atom. The van der Waals surface area contributed by atoms with Crippen LogP contribution in [0.2, 0.25) is 0 Å². The van der Waals surface area contributed by atoms with E-state index in [1.54, 1.807) is 0 Å². The molecule has 2 aliphatic heterocycles. The molecule has 0 radical (unpaired) electrons. The van der Waals surface area contributed by atoms with Gasteiger partial charge in [-0.25, -0.2) is 8.42 Å². The number of likely N-dealkylation sites (tertiary alicyclic amines) is 1. The van der Waals surface area contributed by atoms with Gasteiger partial charge in [0.15, 0.2) is 9.84 Å². The zero-order valence-electron chi connectivity index (χ0n) is 9.52. The molecule has 0 spiro atoms. The zero-order chi connectivity index (χ0) is 11.1. The fraction of sp³-hybridized carbons (Fsp3) is 1.00. The third kappa shape index (κ3) is 2.52. The number of hydrogen-bond donors (Lipinski definition) is 0. The van der Waals surface area contributed by atoms with Crippen molar-refractivity contribution in [2.24, 2.45) is 0 Å². The van der Waals surface area contributed by atoms with Gasteiger partial charge in [0, 0.05) is 38.3 Å². The van der Waals surface area contributed by atoms with E-state index in [0.717, 1.165) is 26.2 Å². The molecule has 0 aromatic carbocycles. The maximum absolute atomic E-state index is 11.3. The quantitative estimate of drug-likeness (QED) is 0.662. The average molecular weight is 232 g/mol. The van der Waals surface area contributed by atoms with E-state index in [2.05, 4.69) is 23.6 Å². The predicted molar refractivity (Wildman–Crippen MR) is 60.7 cm³/mol. The summed E-state index contributed by atoms with van der Waals surface area (Å²) in [5.74, 6) is 0.705. The van der Waals surface area contributed by atoms with Crippen molar-refractivity contribution in [3.8, 4) is 0 Å². The lowest BCUT2D eigenvalue weighted by Gasteiger charge is -2.48. The first-order valence-electron chi connectivity index (χ1n) is 5.66. The summed E-state index contributed by atoms with van der Waals surface area (Å²) >= 11 is 0. The summed E-state index contributed by atoms with van der Waals surface area (Å²) in [6.07, 6.45) is 0. The second kappa shape index (κ2) is 4.03. The Morgan fingerprint density at radius 2 is 1.67 bits per heavy atom. The van der Waals surface area contributed by atoms with Crippen LogP contribution in [0, 0.1) is 0 Å². The molecule has 0 bridgehead atoms. The molecule has 0 saturated carbocycles. The van der Waals surface area contributed by atoms with Crippen LogP contribution in [-0.2, 0) is 9.84 Å². The summed E-state index contributed by atoms with van der Waals surface area (Å²) in [5.41, 5.74) is 0. The molecular weight excluding hydrogens is 212 g/mol. The Bertz CT molecular complexity index is 306. The highest BCUT2D eigenvalue weighted by Gasteiger charge is 2.35. The smallest absolute Gasteiger partial charge is 0.152 e. The van der Waals surface area contributed by atoms with E-state index in [1.165, 1.54) is 0 Å². The third-order valence-electron chi connectivity index (χ3n) is 3.52. The fourth-order valence-corrected chi connectivity index (χ4v) is 3.46. The Kier molecular flexibility index (Phi) is 3.05. The predicted octanol–water partition coefficient (Wildman–Crippen LogP) is -0.191. The summed E-state index contributed by atoms with van der Waals surface area (Å²) in [4.78, 5) is 4.76. The second-order valence-electron chi connectivity index (χ2n) is 4.89. The van der Waals surface area contributed by atoms with E-state index >= 15 is 0 Å². The lowest BCUT2D eigenvalue weighted by Crippen LogP contribution is -2.63. The zero-order valence-corrected chi connectivity index (χ0v) is 10.3. The summed E-state index contributed by atoms with van der Waals surface area (Å²) < 4.78 is 22.5. The van der Waals surface area contributed by atoms with E-state index in [-0.39, 0.29) is 0 Å². The molecule has 0 aromatic rings. The van der Waals surface area contributed by atoms with Gasteiger partial charge in [0.1, 0.15) is 0 Å². The molecule has 2 saturated heterocycles. The molecular formula is C10H20N2O2S. The first-order valence-corrected chi connectivity index (χ1v) is 7.48. The van der Waals surface area contributed by atoms with Gasteiger partial charge in [-0.2, -0.15) is 0 Å². The SMILES string of the molecule is CC(C)N1CC(N2CCS(=O)(=O)CC2)C1. The Morgan fingerprint density at radius 1 is 1.13 bits per heavy atom. The van der Waals surface area contributed by atoms with Gasteiger partial charge >= 0.3 is 0 Å². The lowest BCUT2D eigenvalue weighted by molar-refractivity contribution is 0.0182. The van der Waals surface area contributed by atoms with Crippen LogP contribution in [0.4, 0.5) is 0 Å². The summed E-state index contributed by atoms with van der Waals surface area (Å²) in [6, 6.07) is 1.22. The van der Waals surface area contributed by atoms with Crippen LogP contribution < -0.4 is 0 Å². The molecule has 0 atom stereocenters. The molecule has 2 rings (SSSR count). The number of nitrogens with zero attached hydrogens (tertiary/aromatic N) is 2. The number of sulfone groups is 1. The van der Waals surface area contributed by atoms with E-state index in [0.29, 0.717) is 23.6 Å². The van der Waals surface area contributed by atoms with Crippen LogP contribution >= 0.6 is 0 Å². The first-order chi connectivity index (χ1) is 6.98.